The van der Waals surface area contributed by atoms with Crippen molar-refractivity contribution in [3.8, 4) is 0 Å². The fourth-order valence-electron chi connectivity index (χ4n) is 2.09. The second-order valence-electron chi connectivity index (χ2n) is 5.35. The van der Waals surface area contributed by atoms with Crippen LogP contribution in [0.25, 0.3) is 0 Å². The molecule has 7 nitrogen and oxygen atoms in total. The van der Waals surface area contributed by atoms with Crippen molar-refractivity contribution in [2.75, 3.05) is 6.61 Å². The minimum atomic E-state index is -1.83. The van der Waals surface area contributed by atoms with Gasteiger partial charge in [-0.3, -0.25) is 14.9 Å². The highest BCUT2D eigenvalue weighted by Gasteiger charge is 2.28. The van der Waals surface area contributed by atoms with E-state index in [0.29, 0.717) is 5.56 Å². The Kier molecular flexibility index (Phi) is 7.01. The molecule has 2 aromatic rings. The molecule has 0 atom stereocenters. The smallest absolute Gasteiger partial charge is 0.417 e. The molecule has 0 aliphatic carbocycles. The average Bonchev–Trinajstić information content (AvgIpc) is 2.64. The number of nitrogens with zero attached hydrogens (tertiary/aromatic N) is 2. The van der Waals surface area contributed by atoms with Gasteiger partial charge in [0.2, 0.25) is 3.79 Å². The first-order valence-corrected chi connectivity index (χ1v) is 8.64. The predicted molar refractivity (Wildman–Crippen MR) is 101 cm³/mol. The normalized spacial score (nSPS) is 10.9. The van der Waals surface area contributed by atoms with Crippen LogP contribution in [0.1, 0.15) is 15.9 Å². The van der Waals surface area contributed by atoms with Gasteiger partial charge in [0.25, 0.3) is 11.6 Å². The predicted octanol–water partition coefficient (Wildman–Crippen LogP) is 4.74. The van der Waals surface area contributed by atoms with E-state index in [1.807, 2.05) is 0 Å². The maximum Gasteiger partial charge on any atom is 0.417 e. The SMILES string of the molecule is O=C(OCC(Cl)(Cl)Cl)N(Cc1ccccc1)C(=O)c1ccc([N+](=O)[O-])cc1. The largest absolute Gasteiger partial charge is 0.445 e. The second kappa shape index (κ2) is 9.03. The molecule has 0 aliphatic heterocycles. The molecule has 0 saturated heterocycles. The van der Waals surface area contributed by atoms with Crippen molar-refractivity contribution in [3.63, 3.8) is 0 Å². The lowest BCUT2D eigenvalue weighted by Crippen LogP contribution is -2.38. The van der Waals surface area contributed by atoms with Crippen molar-refractivity contribution in [3.05, 3.63) is 75.8 Å². The van der Waals surface area contributed by atoms with Gasteiger partial charge in [0.05, 0.1) is 11.5 Å². The summed E-state index contributed by atoms with van der Waals surface area (Å²) in [7, 11) is 0. The molecule has 0 fully saturated rings. The van der Waals surface area contributed by atoms with Crippen LogP contribution in [0.3, 0.4) is 0 Å². The number of ether oxygens (including phenoxy) is 1. The van der Waals surface area contributed by atoms with Crippen LogP contribution in [0.4, 0.5) is 10.5 Å². The molecule has 27 heavy (non-hydrogen) atoms. The monoisotopic (exact) mass is 430 g/mol. The van der Waals surface area contributed by atoms with E-state index in [1.165, 1.54) is 24.3 Å². The molecule has 10 heteroatoms. The van der Waals surface area contributed by atoms with Crippen LogP contribution in [-0.2, 0) is 11.3 Å². The summed E-state index contributed by atoms with van der Waals surface area (Å²) in [6.45, 7) is -0.634. The number of nitro benzene ring substituents is 1. The number of halogens is 3. The van der Waals surface area contributed by atoms with Gasteiger partial charge in [-0.25, -0.2) is 9.69 Å². The Morgan fingerprint density at radius 3 is 2.15 bits per heavy atom. The summed E-state index contributed by atoms with van der Waals surface area (Å²) in [5.74, 6) is -0.705. The summed E-state index contributed by atoms with van der Waals surface area (Å²) in [4.78, 5) is 36.1. The summed E-state index contributed by atoms with van der Waals surface area (Å²) < 4.78 is 3.08. The first-order chi connectivity index (χ1) is 12.7. The molecule has 0 N–H and O–H groups in total. The minimum Gasteiger partial charge on any atom is -0.445 e. The Morgan fingerprint density at radius 1 is 1.04 bits per heavy atom. The van der Waals surface area contributed by atoms with E-state index in [0.717, 1.165) is 4.90 Å². The number of alkyl halides is 3. The van der Waals surface area contributed by atoms with Gasteiger partial charge >= 0.3 is 6.09 Å². The molecule has 0 aliphatic rings. The summed E-state index contributed by atoms with van der Waals surface area (Å²) >= 11 is 16.7. The van der Waals surface area contributed by atoms with Crippen LogP contribution in [0, 0.1) is 10.1 Å². The first kappa shape index (κ1) is 21.0. The average molecular weight is 432 g/mol. The van der Waals surface area contributed by atoms with Crippen molar-refractivity contribution in [2.24, 2.45) is 0 Å². The molecule has 142 valence electrons. The van der Waals surface area contributed by atoms with Gasteiger partial charge in [0.1, 0.15) is 6.61 Å². The van der Waals surface area contributed by atoms with Crippen LogP contribution < -0.4 is 0 Å². The minimum absolute atomic E-state index is 0.0716. The van der Waals surface area contributed by atoms with E-state index in [9.17, 15) is 19.7 Å². The van der Waals surface area contributed by atoms with Crippen LogP contribution >= 0.6 is 34.8 Å². The van der Waals surface area contributed by atoms with Gasteiger partial charge in [-0.1, -0.05) is 65.1 Å². The first-order valence-electron chi connectivity index (χ1n) is 7.51. The molecule has 0 spiro atoms. The van der Waals surface area contributed by atoms with Crippen molar-refractivity contribution in [2.45, 2.75) is 10.3 Å². The number of hydrogen-bond donors (Lipinski definition) is 0. The molecule has 2 rings (SSSR count). The Bertz CT molecular complexity index is 823. The molecule has 0 radical (unpaired) electrons. The maximum absolute atomic E-state index is 12.8. The number of non-ortho nitro benzene ring substituents is 1. The lowest BCUT2D eigenvalue weighted by molar-refractivity contribution is -0.384. The molecule has 2 aromatic carbocycles. The van der Waals surface area contributed by atoms with Gasteiger partial charge in [-0.15, -0.1) is 0 Å². The Labute approximate surface area is 169 Å². The Balaban J connectivity index is 2.25. The second-order valence-corrected chi connectivity index (χ2v) is 7.87. The lowest BCUT2D eigenvalue weighted by atomic mass is 10.1. The molecular formula is C17H13Cl3N2O5. The third-order valence-electron chi connectivity index (χ3n) is 3.33. The number of nitro groups is 1. The standard InChI is InChI=1S/C17H13Cl3N2O5/c18-17(19,20)11-27-16(24)21(10-12-4-2-1-3-5-12)15(23)13-6-8-14(9-7-13)22(25)26/h1-9H,10-11H2. The van der Waals surface area contributed by atoms with Crippen LogP contribution in [0.5, 0.6) is 0 Å². The number of rotatable bonds is 5. The molecule has 2 amide bonds. The van der Waals surface area contributed by atoms with Crippen LogP contribution in [0.2, 0.25) is 0 Å². The maximum atomic E-state index is 12.8. The summed E-state index contributed by atoms with van der Waals surface area (Å²) in [6, 6.07) is 13.6. The van der Waals surface area contributed by atoms with E-state index in [-0.39, 0.29) is 17.8 Å². The summed E-state index contributed by atoms with van der Waals surface area (Å²) in [5.41, 5.74) is 0.556. The highest BCUT2D eigenvalue weighted by molar-refractivity contribution is 6.67. The van der Waals surface area contributed by atoms with Crippen molar-refractivity contribution in [1.82, 2.24) is 4.90 Å². The number of benzene rings is 2. The fourth-order valence-corrected chi connectivity index (χ4v) is 2.25. The van der Waals surface area contributed by atoms with Gasteiger partial charge in [-0.2, -0.15) is 0 Å². The van der Waals surface area contributed by atoms with E-state index in [4.69, 9.17) is 39.5 Å². The van der Waals surface area contributed by atoms with E-state index >= 15 is 0 Å². The lowest BCUT2D eigenvalue weighted by Gasteiger charge is -2.22. The molecule has 0 unspecified atom stereocenters. The Hall–Kier alpha value is -2.35. The van der Waals surface area contributed by atoms with Gasteiger partial charge in [0.15, 0.2) is 0 Å². The molecule has 0 bridgehead atoms. The fraction of sp³-hybridized carbons (Fsp3) is 0.176. The van der Waals surface area contributed by atoms with Crippen LogP contribution in [-0.4, -0.2) is 32.2 Å². The molecule has 0 aromatic heterocycles. The number of amides is 2. The zero-order valence-electron chi connectivity index (χ0n) is 13.7. The van der Waals surface area contributed by atoms with E-state index in [2.05, 4.69) is 0 Å². The van der Waals surface area contributed by atoms with E-state index in [1.54, 1.807) is 30.3 Å². The highest BCUT2D eigenvalue weighted by Crippen LogP contribution is 2.26. The molecule has 0 heterocycles. The zero-order chi connectivity index (χ0) is 20.0. The third-order valence-corrected chi connectivity index (χ3v) is 3.66. The van der Waals surface area contributed by atoms with E-state index < -0.39 is 27.3 Å². The van der Waals surface area contributed by atoms with Gasteiger partial charge in [-0.05, 0) is 17.7 Å². The third kappa shape index (κ3) is 6.39. The molecular weight excluding hydrogens is 419 g/mol. The van der Waals surface area contributed by atoms with Gasteiger partial charge in [0, 0.05) is 17.7 Å². The topological polar surface area (TPSA) is 89.8 Å². The summed E-state index contributed by atoms with van der Waals surface area (Å²) in [6.07, 6.45) is -1.01. The number of carbonyl (C=O) groups excluding carboxylic acids is 2. The van der Waals surface area contributed by atoms with Gasteiger partial charge < -0.3 is 4.74 Å². The molecule has 0 saturated carbocycles. The van der Waals surface area contributed by atoms with Crippen molar-refractivity contribution in [1.29, 1.82) is 0 Å². The van der Waals surface area contributed by atoms with Crippen LogP contribution in [0.15, 0.2) is 54.6 Å². The highest BCUT2D eigenvalue weighted by atomic mass is 35.6. The number of carbonyl (C=O) groups is 2. The number of hydrogen-bond acceptors (Lipinski definition) is 5. The van der Waals surface area contributed by atoms with Crippen molar-refractivity contribution < 1.29 is 19.2 Å². The number of imide groups is 1. The summed E-state index contributed by atoms with van der Waals surface area (Å²) in [5, 5.41) is 10.7. The van der Waals surface area contributed by atoms with Crippen molar-refractivity contribution >= 4 is 52.5 Å². The zero-order valence-corrected chi connectivity index (χ0v) is 15.9. The quantitative estimate of drug-likeness (QED) is 0.387. The Morgan fingerprint density at radius 2 is 1.63 bits per heavy atom.